The number of hydrogen-bond acceptors (Lipinski definition) is 4. The highest BCUT2D eigenvalue weighted by Gasteiger charge is 2.39. The maximum atomic E-state index is 12.5. The third kappa shape index (κ3) is 4.66. The molecule has 1 amide bonds. The normalized spacial score (nSPS) is 27.9. The van der Waals surface area contributed by atoms with Crippen LogP contribution >= 0.6 is 0 Å². The largest absolute Gasteiger partial charge is 0.356 e. The van der Waals surface area contributed by atoms with Crippen molar-refractivity contribution in [2.75, 3.05) is 59.4 Å². The van der Waals surface area contributed by atoms with Crippen LogP contribution in [-0.4, -0.2) is 75.1 Å². The van der Waals surface area contributed by atoms with Crippen LogP contribution < -0.4 is 10.6 Å². The van der Waals surface area contributed by atoms with E-state index in [9.17, 15) is 4.79 Å². The minimum absolute atomic E-state index is 0.136. The summed E-state index contributed by atoms with van der Waals surface area (Å²) >= 11 is 0. The summed E-state index contributed by atoms with van der Waals surface area (Å²) in [5.74, 6) is 0.271. The van der Waals surface area contributed by atoms with Crippen LogP contribution in [0.5, 0.6) is 0 Å². The van der Waals surface area contributed by atoms with E-state index in [4.69, 9.17) is 0 Å². The molecule has 0 aromatic rings. The van der Waals surface area contributed by atoms with E-state index in [1.165, 1.54) is 0 Å². The van der Waals surface area contributed by atoms with Gasteiger partial charge < -0.3 is 20.4 Å². The predicted octanol–water partition coefficient (Wildman–Crippen LogP) is 0.520. The van der Waals surface area contributed by atoms with Crippen molar-refractivity contribution in [1.29, 1.82) is 0 Å². The number of carbonyl (C=O) groups excluding carboxylic acids is 1. The number of hydrogen-bond donors (Lipinski definition) is 2. The van der Waals surface area contributed by atoms with E-state index >= 15 is 0 Å². The summed E-state index contributed by atoms with van der Waals surface area (Å²) in [7, 11) is 2.18. The Morgan fingerprint density at radius 3 is 2.67 bits per heavy atom. The first-order valence-electron chi connectivity index (χ1n) is 8.56. The van der Waals surface area contributed by atoms with Gasteiger partial charge in [-0.2, -0.15) is 0 Å². The number of nitrogens with one attached hydrogen (secondary N) is 2. The van der Waals surface area contributed by atoms with E-state index in [0.29, 0.717) is 0 Å². The minimum Gasteiger partial charge on any atom is -0.356 e. The number of likely N-dealkylation sites (N-methyl/N-ethyl adjacent to an activating group) is 1. The molecule has 1 atom stereocenters. The summed E-state index contributed by atoms with van der Waals surface area (Å²) < 4.78 is 0. The average molecular weight is 296 g/mol. The van der Waals surface area contributed by atoms with Gasteiger partial charge >= 0.3 is 0 Å². The molecule has 2 fully saturated rings. The van der Waals surface area contributed by atoms with E-state index < -0.39 is 0 Å². The zero-order valence-corrected chi connectivity index (χ0v) is 13.8. The first-order chi connectivity index (χ1) is 10.2. The molecule has 0 aromatic carbocycles. The Labute approximate surface area is 129 Å². The minimum atomic E-state index is -0.136. The average Bonchev–Trinajstić information content (AvgIpc) is 2.95. The van der Waals surface area contributed by atoms with Crippen LogP contribution in [0, 0.1) is 5.41 Å². The van der Waals surface area contributed by atoms with Crippen LogP contribution in [0.1, 0.15) is 32.6 Å². The van der Waals surface area contributed by atoms with Gasteiger partial charge in [0.05, 0.1) is 5.41 Å². The maximum absolute atomic E-state index is 12.5. The highest BCUT2D eigenvalue weighted by atomic mass is 16.2. The fraction of sp³-hybridized carbons (Fsp3) is 0.938. The van der Waals surface area contributed by atoms with Crippen molar-refractivity contribution in [3.05, 3.63) is 0 Å². The molecule has 2 aliphatic heterocycles. The van der Waals surface area contributed by atoms with Crippen LogP contribution in [0.4, 0.5) is 0 Å². The summed E-state index contributed by atoms with van der Waals surface area (Å²) in [6.45, 7) is 10.6. The second-order valence-electron chi connectivity index (χ2n) is 6.71. The molecule has 0 bridgehead atoms. The number of carbonyl (C=O) groups is 1. The second-order valence-corrected chi connectivity index (χ2v) is 6.71. The van der Waals surface area contributed by atoms with Gasteiger partial charge in [-0.05, 0) is 39.4 Å². The van der Waals surface area contributed by atoms with E-state index in [1.54, 1.807) is 0 Å². The van der Waals surface area contributed by atoms with Gasteiger partial charge in [0, 0.05) is 39.3 Å². The molecule has 0 aliphatic carbocycles. The molecule has 2 N–H and O–H groups in total. The number of amides is 1. The lowest BCUT2D eigenvalue weighted by atomic mass is 9.81. The number of nitrogens with zero attached hydrogens (tertiary/aromatic N) is 2. The van der Waals surface area contributed by atoms with Crippen molar-refractivity contribution in [1.82, 2.24) is 20.4 Å². The van der Waals surface area contributed by atoms with Gasteiger partial charge in [0.1, 0.15) is 0 Å². The molecule has 5 heteroatoms. The Balaban J connectivity index is 1.64. The van der Waals surface area contributed by atoms with Crippen LogP contribution in [0.25, 0.3) is 0 Å². The van der Waals surface area contributed by atoms with Crippen molar-refractivity contribution in [3.63, 3.8) is 0 Å². The molecule has 0 saturated carbocycles. The Hall–Kier alpha value is -0.650. The van der Waals surface area contributed by atoms with Crippen molar-refractivity contribution >= 4 is 5.91 Å². The van der Waals surface area contributed by atoms with E-state index in [-0.39, 0.29) is 11.3 Å². The molecule has 21 heavy (non-hydrogen) atoms. The number of piperazine rings is 1. The molecular formula is C16H32N4O. The Morgan fingerprint density at radius 2 is 2.05 bits per heavy atom. The van der Waals surface area contributed by atoms with Gasteiger partial charge in [0.15, 0.2) is 0 Å². The topological polar surface area (TPSA) is 47.6 Å². The summed E-state index contributed by atoms with van der Waals surface area (Å²) in [5.41, 5.74) is -0.136. The summed E-state index contributed by atoms with van der Waals surface area (Å²) in [5, 5.41) is 6.53. The second kappa shape index (κ2) is 8.11. The first kappa shape index (κ1) is 16.7. The zero-order chi connectivity index (χ0) is 15.1. The lowest BCUT2D eigenvalue weighted by Gasteiger charge is -2.32. The lowest BCUT2D eigenvalue weighted by Crippen LogP contribution is -2.46. The van der Waals surface area contributed by atoms with E-state index in [2.05, 4.69) is 34.4 Å². The monoisotopic (exact) mass is 296 g/mol. The van der Waals surface area contributed by atoms with E-state index in [1.807, 2.05) is 0 Å². The highest BCUT2D eigenvalue weighted by Crippen LogP contribution is 2.31. The predicted molar refractivity (Wildman–Crippen MR) is 86.4 cm³/mol. The molecule has 2 heterocycles. The molecular weight excluding hydrogens is 264 g/mol. The Morgan fingerprint density at radius 1 is 1.29 bits per heavy atom. The molecule has 5 nitrogen and oxygen atoms in total. The zero-order valence-electron chi connectivity index (χ0n) is 13.8. The van der Waals surface area contributed by atoms with Crippen LogP contribution in [-0.2, 0) is 4.79 Å². The highest BCUT2D eigenvalue weighted by molar-refractivity contribution is 5.83. The summed E-state index contributed by atoms with van der Waals surface area (Å²) in [6.07, 6.45) is 4.14. The van der Waals surface area contributed by atoms with Crippen LogP contribution in [0.3, 0.4) is 0 Å². The lowest BCUT2D eigenvalue weighted by molar-refractivity contribution is -0.130. The summed E-state index contributed by atoms with van der Waals surface area (Å²) in [4.78, 5) is 17.4. The fourth-order valence-electron chi connectivity index (χ4n) is 3.51. The van der Waals surface area contributed by atoms with Gasteiger partial charge in [-0.1, -0.05) is 13.3 Å². The first-order valence-corrected chi connectivity index (χ1v) is 8.56. The van der Waals surface area contributed by atoms with Gasteiger partial charge in [-0.15, -0.1) is 0 Å². The van der Waals surface area contributed by atoms with Crippen molar-refractivity contribution in [2.24, 2.45) is 5.41 Å². The summed E-state index contributed by atoms with van der Waals surface area (Å²) in [6, 6.07) is 0. The van der Waals surface area contributed by atoms with Gasteiger partial charge in [-0.3, -0.25) is 4.79 Å². The Kier molecular flexibility index (Phi) is 6.45. The molecule has 2 rings (SSSR count). The van der Waals surface area contributed by atoms with Crippen molar-refractivity contribution < 1.29 is 4.79 Å². The molecule has 0 spiro atoms. The third-order valence-electron chi connectivity index (χ3n) is 4.99. The van der Waals surface area contributed by atoms with Crippen molar-refractivity contribution in [2.45, 2.75) is 32.6 Å². The van der Waals surface area contributed by atoms with Gasteiger partial charge in [0.25, 0.3) is 0 Å². The van der Waals surface area contributed by atoms with Crippen LogP contribution in [0.15, 0.2) is 0 Å². The maximum Gasteiger partial charge on any atom is 0.227 e. The third-order valence-corrected chi connectivity index (χ3v) is 4.99. The molecule has 2 saturated heterocycles. The van der Waals surface area contributed by atoms with Gasteiger partial charge in [0.2, 0.25) is 5.91 Å². The van der Waals surface area contributed by atoms with E-state index in [0.717, 1.165) is 78.0 Å². The number of rotatable bonds is 7. The molecule has 2 aliphatic rings. The quantitative estimate of drug-likeness (QED) is 0.673. The molecule has 0 radical (unpaired) electrons. The van der Waals surface area contributed by atoms with Crippen molar-refractivity contribution in [3.8, 4) is 0 Å². The Bertz CT molecular complexity index is 320. The standard InChI is InChI=1S/C16H32N4O/c1-3-5-16(6-8-17-14-16)15(21)18-7-4-9-20-12-10-19(2)11-13-20/h17H,3-14H2,1-2H3,(H,18,21). The smallest absolute Gasteiger partial charge is 0.227 e. The molecule has 122 valence electrons. The van der Waals surface area contributed by atoms with Gasteiger partial charge in [-0.25, -0.2) is 0 Å². The fourth-order valence-corrected chi connectivity index (χ4v) is 3.51. The molecule has 1 unspecified atom stereocenters. The van der Waals surface area contributed by atoms with Crippen LogP contribution in [0.2, 0.25) is 0 Å². The molecule has 0 aromatic heterocycles. The SMILES string of the molecule is CCCC1(C(=O)NCCCN2CCN(C)CC2)CCNC1.